The molecule has 0 aliphatic heterocycles. The summed E-state index contributed by atoms with van der Waals surface area (Å²) in [6.07, 6.45) is 3.59. The van der Waals surface area contributed by atoms with Gasteiger partial charge in [0.15, 0.2) is 0 Å². The fourth-order valence-corrected chi connectivity index (χ4v) is 1.77. The van der Waals surface area contributed by atoms with Crippen molar-refractivity contribution < 1.29 is 5.11 Å². The first kappa shape index (κ1) is 10.7. The van der Waals surface area contributed by atoms with Crippen LogP contribution in [0.25, 0.3) is 0 Å². The average molecular weight is 205 g/mol. The van der Waals surface area contributed by atoms with Crippen LogP contribution in [0, 0.1) is 5.92 Å². The Hall–Kier alpha value is -0.860. The molecule has 2 rings (SSSR count). The Morgan fingerprint density at radius 3 is 2.60 bits per heavy atom. The predicted octanol–water partition coefficient (Wildman–Crippen LogP) is 1.59. The van der Waals surface area contributed by atoms with Gasteiger partial charge in [0.1, 0.15) is 0 Å². The summed E-state index contributed by atoms with van der Waals surface area (Å²) in [5, 5.41) is 12.7. The van der Waals surface area contributed by atoms with Crippen LogP contribution < -0.4 is 5.32 Å². The maximum absolute atomic E-state index is 9.28. The highest BCUT2D eigenvalue weighted by molar-refractivity contribution is 5.15. The molecule has 2 nitrogen and oxygen atoms in total. The number of aliphatic hydroxyl groups excluding tert-OH is 1. The quantitative estimate of drug-likeness (QED) is 0.739. The minimum absolute atomic E-state index is 0.272. The number of hydrogen-bond donors (Lipinski definition) is 2. The lowest BCUT2D eigenvalue weighted by Crippen LogP contribution is -2.28. The van der Waals surface area contributed by atoms with Crippen molar-refractivity contribution in [1.29, 1.82) is 0 Å². The molecule has 1 saturated carbocycles. The first-order valence-electron chi connectivity index (χ1n) is 5.76. The minimum atomic E-state index is 0.272. The van der Waals surface area contributed by atoms with Gasteiger partial charge in [0.25, 0.3) is 0 Å². The molecule has 1 aromatic rings. The summed E-state index contributed by atoms with van der Waals surface area (Å²) in [5.74, 6) is 0.355. The van der Waals surface area contributed by atoms with E-state index in [1.165, 1.54) is 18.4 Å². The van der Waals surface area contributed by atoms with E-state index in [1.54, 1.807) is 0 Å². The standard InChI is InChI=1S/C13H19NO/c15-10-12(9-14-13-6-7-13)8-11-4-2-1-3-5-11/h1-5,12-15H,6-10H2. The van der Waals surface area contributed by atoms with Gasteiger partial charge in [0.05, 0.1) is 0 Å². The van der Waals surface area contributed by atoms with Crippen LogP contribution in [0.15, 0.2) is 30.3 Å². The van der Waals surface area contributed by atoms with Crippen LogP contribution in [0.2, 0.25) is 0 Å². The second kappa shape index (κ2) is 5.29. The molecule has 0 amide bonds. The largest absolute Gasteiger partial charge is 0.396 e. The molecule has 1 aliphatic carbocycles. The highest BCUT2D eigenvalue weighted by Crippen LogP contribution is 2.19. The third-order valence-electron chi connectivity index (χ3n) is 2.90. The number of hydrogen-bond acceptors (Lipinski definition) is 2. The van der Waals surface area contributed by atoms with Crippen molar-refractivity contribution in [3.63, 3.8) is 0 Å². The topological polar surface area (TPSA) is 32.3 Å². The van der Waals surface area contributed by atoms with Crippen molar-refractivity contribution in [2.75, 3.05) is 13.2 Å². The molecule has 1 fully saturated rings. The fraction of sp³-hybridized carbons (Fsp3) is 0.538. The maximum atomic E-state index is 9.28. The van der Waals surface area contributed by atoms with Crippen LogP contribution in [-0.4, -0.2) is 24.3 Å². The lowest BCUT2D eigenvalue weighted by Gasteiger charge is -2.14. The van der Waals surface area contributed by atoms with Crippen molar-refractivity contribution >= 4 is 0 Å². The Labute approximate surface area is 91.3 Å². The Kier molecular flexibility index (Phi) is 3.75. The average Bonchev–Trinajstić information content (AvgIpc) is 3.09. The van der Waals surface area contributed by atoms with E-state index in [-0.39, 0.29) is 6.61 Å². The summed E-state index contributed by atoms with van der Waals surface area (Å²) in [7, 11) is 0. The highest BCUT2D eigenvalue weighted by atomic mass is 16.3. The molecule has 0 radical (unpaired) electrons. The van der Waals surface area contributed by atoms with Gasteiger partial charge in [-0.25, -0.2) is 0 Å². The van der Waals surface area contributed by atoms with Crippen LogP contribution in [-0.2, 0) is 6.42 Å². The van der Waals surface area contributed by atoms with Crippen LogP contribution in [0.4, 0.5) is 0 Å². The van der Waals surface area contributed by atoms with E-state index >= 15 is 0 Å². The molecular formula is C13H19NO. The highest BCUT2D eigenvalue weighted by Gasteiger charge is 2.21. The van der Waals surface area contributed by atoms with Crippen molar-refractivity contribution in [2.45, 2.75) is 25.3 Å². The monoisotopic (exact) mass is 205 g/mol. The van der Waals surface area contributed by atoms with E-state index in [1.807, 2.05) is 6.07 Å². The molecule has 82 valence electrons. The molecule has 0 spiro atoms. The van der Waals surface area contributed by atoms with Gasteiger partial charge in [0.2, 0.25) is 0 Å². The van der Waals surface area contributed by atoms with E-state index < -0.39 is 0 Å². The maximum Gasteiger partial charge on any atom is 0.0474 e. The first-order valence-corrected chi connectivity index (χ1v) is 5.76. The Morgan fingerprint density at radius 1 is 1.27 bits per heavy atom. The smallest absolute Gasteiger partial charge is 0.0474 e. The van der Waals surface area contributed by atoms with Gasteiger partial charge in [-0.1, -0.05) is 30.3 Å². The molecule has 1 aromatic carbocycles. The predicted molar refractivity (Wildman–Crippen MR) is 61.7 cm³/mol. The Bertz CT molecular complexity index is 282. The number of rotatable bonds is 6. The van der Waals surface area contributed by atoms with Gasteiger partial charge in [0, 0.05) is 19.2 Å². The molecule has 0 aromatic heterocycles. The Morgan fingerprint density at radius 2 is 2.00 bits per heavy atom. The summed E-state index contributed by atoms with van der Waals surface area (Å²) in [6, 6.07) is 11.1. The third-order valence-corrected chi connectivity index (χ3v) is 2.90. The van der Waals surface area contributed by atoms with Gasteiger partial charge in [-0.3, -0.25) is 0 Å². The second-order valence-corrected chi connectivity index (χ2v) is 4.42. The zero-order valence-electron chi connectivity index (χ0n) is 9.02. The summed E-state index contributed by atoms with van der Waals surface area (Å²) < 4.78 is 0. The van der Waals surface area contributed by atoms with Gasteiger partial charge < -0.3 is 10.4 Å². The molecule has 1 aliphatic rings. The molecule has 1 unspecified atom stereocenters. The molecule has 2 heteroatoms. The molecular weight excluding hydrogens is 186 g/mol. The van der Waals surface area contributed by atoms with Crippen LogP contribution in [0.1, 0.15) is 18.4 Å². The molecule has 0 bridgehead atoms. The lowest BCUT2D eigenvalue weighted by atomic mass is 10.00. The molecule has 1 atom stereocenters. The molecule has 15 heavy (non-hydrogen) atoms. The molecule has 0 heterocycles. The summed E-state index contributed by atoms with van der Waals surface area (Å²) in [5.41, 5.74) is 1.31. The normalized spacial score (nSPS) is 17.7. The van der Waals surface area contributed by atoms with Crippen LogP contribution in [0.5, 0.6) is 0 Å². The third kappa shape index (κ3) is 3.65. The van der Waals surface area contributed by atoms with E-state index in [0.29, 0.717) is 5.92 Å². The zero-order valence-corrected chi connectivity index (χ0v) is 9.02. The Balaban J connectivity index is 1.78. The van der Waals surface area contributed by atoms with E-state index in [0.717, 1.165) is 19.0 Å². The lowest BCUT2D eigenvalue weighted by molar-refractivity contribution is 0.221. The van der Waals surface area contributed by atoms with Gasteiger partial charge >= 0.3 is 0 Å². The SMILES string of the molecule is OCC(CNC1CC1)Cc1ccccc1. The fourth-order valence-electron chi connectivity index (χ4n) is 1.77. The minimum Gasteiger partial charge on any atom is -0.396 e. The summed E-state index contributed by atoms with van der Waals surface area (Å²) in [6.45, 7) is 1.21. The first-order chi connectivity index (χ1) is 7.38. The van der Waals surface area contributed by atoms with Gasteiger partial charge in [-0.05, 0) is 30.7 Å². The number of benzene rings is 1. The summed E-state index contributed by atoms with van der Waals surface area (Å²) >= 11 is 0. The van der Waals surface area contributed by atoms with E-state index in [9.17, 15) is 5.11 Å². The van der Waals surface area contributed by atoms with Crippen molar-refractivity contribution in [3.8, 4) is 0 Å². The van der Waals surface area contributed by atoms with Crippen LogP contribution in [0.3, 0.4) is 0 Å². The second-order valence-electron chi connectivity index (χ2n) is 4.42. The van der Waals surface area contributed by atoms with Crippen LogP contribution >= 0.6 is 0 Å². The number of aliphatic hydroxyl groups is 1. The number of nitrogens with one attached hydrogen (secondary N) is 1. The van der Waals surface area contributed by atoms with Crippen molar-refractivity contribution in [2.24, 2.45) is 5.92 Å². The zero-order chi connectivity index (χ0) is 10.5. The van der Waals surface area contributed by atoms with Gasteiger partial charge in [-0.2, -0.15) is 0 Å². The van der Waals surface area contributed by atoms with Gasteiger partial charge in [-0.15, -0.1) is 0 Å². The molecule has 2 N–H and O–H groups in total. The van der Waals surface area contributed by atoms with E-state index in [2.05, 4.69) is 29.6 Å². The van der Waals surface area contributed by atoms with Crippen molar-refractivity contribution in [1.82, 2.24) is 5.32 Å². The molecule has 0 saturated heterocycles. The van der Waals surface area contributed by atoms with E-state index in [4.69, 9.17) is 0 Å². The summed E-state index contributed by atoms with van der Waals surface area (Å²) in [4.78, 5) is 0. The van der Waals surface area contributed by atoms with Crippen molar-refractivity contribution in [3.05, 3.63) is 35.9 Å².